The summed E-state index contributed by atoms with van der Waals surface area (Å²) in [5, 5.41) is 10.8. The number of nitrogens with zero attached hydrogens (tertiary/aromatic N) is 4. The number of amides is 2. The minimum absolute atomic E-state index is 0.165. The van der Waals surface area contributed by atoms with Gasteiger partial charge in [0.05, 0.1) is 0 Å². The zero-order chi connectivity index (χ0) is 23.2. The maximum Gasteiger partial charge on any atom is 0.253 e. The molecule has 2 N–H and O–H groups in total. The Labute approximate surface area is 195 Å². The van der Waals surface area contributed by atoms with Crippen molar-refractivity contribution >= 4 is 29.4 Å². The van der Waals surface area contributed by atoms with E-state index in [0.29, 0.717) is 40.9 Å². The summed E-state index contributed by atoms with van der Waals surface area (Å²) >= 11 is 1.46. The summed E-state index contributed by atoms with van der Waals surface area (Å²) in [5.74, 6) is 0.764. The Morgan fingerprint density at radius 3 is 2.39 bits per heavy atom. The fraction of sp³-hybridized carbons (Fsp3) is 0.208. The molecule has 8 nitrogen and oxygen atoms in total. The first-order valence-electron chi connectivity index (χ1n) is 10.5. The molecule has 0 aliphatic carbocycles. The molecule has 0 aliphatic rings. The number of thioether (sulfide) groups is 1. The Hall–Kier alpha value is -3.72. The molecule has 0 fully saturated rings. The number of aromatic nitrogens is 4. The monoisotopic (exact) mass is 460 g/mol. The zero-order valence-electron chi connectivity index (χ0n) is 18.4. The highest BCUT2D eigenvalue weighted by Crippen LogP contribution is 2.22. The van der Waals surface area contributed by atoms with Gasteiger partial charge in [0.25, 0.3) is 17.6 Å². The fourth-order valence-electron chi connectivity index (χ4n) is 3.36. The molecule has 0 saturated carbocycles. The molecule has 2 aromatic carbocycles. The lowest BCUT2D eigenvalue weighted by atomic mass is 10.1. The number of carbonyl (C=O) groups excluding carboxylic acids is 2. The summed E-state index contributed by atoms with van der Waals surface area (Å²) in [6, 6.07) is 18.4. The van der Waals surface area contributed by atoms with E-state index in [2.05, 4.69) is 25.7 Å². The normalized spacial score (nSPS) is 10.8. The molecule has 0 saturated heterocycles. The number of hydrogen-bond acceptors (Lipinski definition) is 6. The standard InChI is InChI=1S/C24H24N6O2S/c1-16-14-17(2)30-23(27-16)28-24(29-30)33-15-19-10-6-7-11-20(19)22(32)26-13-12-25-21(31)18-8-4-3-5-9-18/h3-11,14H,12-13,15H2,1-2H3,(H,25,31)(H,26,32). The van der Waals surface area contributed by atoms with E-state index in [0.717, 1.165) is 17.0 Å². The van der Waals surface area contributed by atoms with Gasteiger partial charge in [0, 0.05) is 41.4 Å². The highest BCUT2D eigenvalue weighted by atomic mass is 32.2. The number of aryl methyl sites for hydroxylation is 2. The summed E-state index contributed by atoms with van der Waals surface area (Å²) in [6.45, 7) is 4.56. The lowest BCUT2D eigenvalue weighted by molar-refractivity contribution is 0.0927. The van der Waals surface area contributed by atoms with Gasteiger partial charge in [-0.2, -0.15) is 4.98 Å². The second-order valence-corrected chi connectivity index (χ2v) is 8.41. The molecule has 168 valence electrons. The predicted molar refractivity (Wildman–Crippen MR) is 127 cm³/mol. The van der Waals surface area contributed by atoms with Gasteiger partial charge in [0.1, 0.15) is 0 Å². The first-order chi connectivity index (χ1) is 16.0. The Bertz CT molecular complexity index is 1290. The van der Waals surface area contributed by atoms with E-state index < -0.39 is 0 Å². The molecule has 9 heteroatoms. The van der Waals surface area contributed by atoms with Crippen LogP contribution in [0.2, 0.25) is 0 Å². The van der Waals surface area contributed by atoms with Crippen LogP contribution in [0.4, 0.5) is 0 Å². The quantitative estimate of drug-likeness (QED) is 0.309. The van der Waals surface area contributed by atoms with Crippen molar-refractivity contribution in [1.82, 2.24) is 30.2 Å². The average molecular weight is 461 g/mol. The maximum absolute atomic E-state index is 12.7. The molecular formula is C24H24N6O2S. The molecule has 0 aliphatic heterocycles. The minimum Gasteiger partial charge on any atom is -0.350 e. The van der Waals surface area contributed by atoms with Crippen LogP contribution in [0.25, 0.3) is 5.78 Å². The Morgan fingerprint density at radius 1 is 0.909 bits per heavy atom. The van der Waals surface area contributed by atoms with Gasteiger partial charge in [-0.15, -0.1) is 5.10 Å². The van der Waals surface area contributed by atoms with Crippen LogP contribution in [0, 0.1) is 13.8 Å². The van der Waals surface area contributed by atoms with E-state index >= 15 is 0 Å². The van der Waals surface area contributed by atoms with Crippen LogP contribution in [-0.4, -0.2) is 44.5 Å². The number of fused-ring (bicyclic) bond motifs is 1. The molecule has 2 aromatic heterocycles. The third-order valence-electron chi connectivity index (χ3n) is 4.95. The molecule has 0 unspecified atom stereocenters. The van der Waals surface area contributed by atoms with Crippen LogP contribution >= 0.6 is 11.8 Å². The summed E-state index contributed by atoms with van der Waals surface area (Å²) in [4.78, 5) is 33.7. The van der Waals surface area contributed by atoms with Gasteiger partial charge in [-0.25, -0.2) is 9.50 Å². The van der Waals surface area contributed by atoms with Gasteiger partial charge in [-0.1, -0.05) is 48.2 Å². The topological polar surface area (TPSA) is 101 Å². The van der Waals surface area contributed by atoms with Gasteiger partial charge in [-0.05, 0) is 43.7 Å². The van der Waals surface area contributed by atoms with Crippen LogP contribution in [-0.2, 0) is 5.75 Å². The summed E-state index contributed by atoms with van der Waals surface area (Å²) in [5.41, 5.74) is 3.93. The number of carbonyl (C=O) groups is 2. The third kappa shape index (κ3) is 5.56. The fourth-order valence-corrected chi connectivity index (χ4v) is 4.18. The number of rotatable bonds is 8. The first-order valence-corrected chi connectivity index (χ1v) is 11.5. The van der Waals surface area contributed by atoms with E-state index in [4.69, 9.17) is 0 Å². The zero-order valence-corrected chi connectivity index (χ0v) is 19.2. The van der Waals surface area contributed by atoms with Crippen molar-refractivity contribution in [3.63, 3.8) is 0 Å². The second kappa shape index (κ2) is 10.3. The third-order valence-corrected chi connectivity index (χ3v) is 5.84. The van der Waals surface area contributed by atoms with Crippen molar-refractivity contribution in [3.05, 3.63) is 88.7 Å². The van der Waals surface area contributed by atoms with E-state index in [-0.39, 0.29) is 11.8 Å². The lowest BCUT2D eigenvalue weighted by Crippen LogP contribution is -2.35. The van der Waals surface area contributed by atoms with Crippen LogP contribution < -0.4 is 10.6 Å². The Morgan fingerprint density at radius 2 is 1.61 bits per heavy atom. The van der Waals surface area contributed by atoms with Crippen molar-refractivity contribution in [1.29, 1.82) is 0 Å². The molecule has 2 heterocycles. The van der Waals surface area contributed by atoms with Gasteiger partial charge in [0.15, 0.2) is 0 Å². The molecule has 33 heavy (non-hydrogen) atoms. The largest absolute Gasteiger partial charge is 0.350 e. The molecule has 0 radical (unpaired) electrons. The van der Waals surface area contributed by atoms with Crippen LogP contribution in [0.3, 0.4) is 0 Å². The average Bonchev–Trinajstić information content (AvgIpc) is 3.24. The lowest BCUT2D eigenvalue weighted by Gasteiger charge is -2.10. The van der Waals surface area contributed by atoms with E-state index in [9.17, 15) is 9.59 Å². The molecule has 0 spiro atoms. The second-order valence-electron chi connectivity index (χ2n) is 7.47. The number of nitrogens with one attached hydrogen (secondary N) is 2. The summed E-state index contributed by atoms with van der Waals surface area (Å²) in [7, 11) is 0. The van der Waals surface area contributed by atoms with E-state index in [1.165, 1.54) is 11.8 Å². The Balaban J connectivity index is 1.33. The van der Waals surface area contributed by atoms with Gasteiger partial charge < -0.3 is 10.6 Å². The van der Waals surface area contributed by atoms with Crippen molar-refractivity contribution < 1.29 is 9.59 Å². The molecule has 4 aromatic rings. The highest BCUT2D eigenvalue weighted by Gasteiger charge is 2.13. The van der Waals surface area contributed by atoms with E-state index in [1.54, 1.807) is 22.7 Å². The van der Waals surface area contributed by atoms with E-state index in [1.807, 2.05) is 56.3 Å². The predicted octanol–water partition coefficient (Wildman–Crippen LogP) is 3.19. The molecule has 4 rings (SSSR count). The molecule has 0 bridgehead atoms. The van der Waals surface area contributed by atoms with Gasteiger partial charge in [0.2, 0.25) is 5.16 Å². The Kier molecular flexibility index (Phi) is 6.99. The van der Waals surface area contributed by atoms with Crippen molar-refractivity contribution in [2.24, 2.45) is 0 Å². The minimum atomic E-state index is -0.184. The van der Waals surface area contributed by atoms with Crippen LogP contribution in [0.15, 0.2) is 65.8 Å². The van der Waals surface area contributed by atoms with Crippen molar-refractivity contribution in [3.8, 4) is 0 Å². The molecular weight excluding hydrogens is 436 g/mol. The van der Waals surface area contributed by atoms with Crippen molar-refractivity contribution in [2.45, 2.75) is 24.8 Å². The van der Waals surface area contributed by atoms with Crippen LogP contribution in [0.5, 0.6) is 0 Å². The smallest absolute Gasteiger partial charge is 0.253 e. The summed E-state index contributed by atoms with van der Waals surface area (Å²) in [6.07, 6.45) is 0. The number of hydrogen-bond donors (Lipinski definition) is 2. The highest BCUT2D eigenvalue weighted by molar-refractivity contribution is 7.98. The SMILES string of the molecule is Cc1cc(C)n2nc(SCc3ccccc3C(=O)NCCNC(=O)c3ccccc3)nc2n1. The summed E-state index contributed by atoms with van der Waals surface area (Å²) < 4.78 is 1.72. The number of benzene rings is 2. The van der Waals surface area contributed by atoms with Gasteiger partial charge in [-0.3, -0.25) is 9.59 Å². The van der Waals surface area contributed by atoms with Crippen molar-refractivity contribution in [2.75, 3.05) is 13.1 Å². The van der Waals surface area contributed by atoms with Gasteiger partial charge >= 0.3 is 0 Å². The maximum atomic E-state index is 12.7. The first kappa shape index (κ1) is 22.5. The molecule has 0 atom stereocenters. The molecule has 2 amide bonds. The van der Waals surface area contributed by atoms with Crippen LogP contribution in [0.1, 0.15) is 37.7 Å².